The third-order valence-electron chi connectivity index (χ3n) is 2.45. The summed E-state index contributed by atoms with van der Waals surface area (Å²) in [5.74, 6) is -0.746. The van der Waals surface area contributed by atoms with E-state index in [4.69, 9.17) is 10.2 Å². The molecule has 1 aliphatic carbocycles. The van der Waals surface area contributed by atoms with E-state index < -0.39 is 17.5 Å². The second kappa shape index (κ2) is 2.81. The van der Waals surface area contributed by atoms with E-state index >= 15 is 0 Å². The SMILES string of the molecule is CC(O)CC1(C(=O)O)CCC1. The van der Waals surface area contributed by atoms with Gasteiger partial charge in [-0.25, -0.2) is 0 Å². The van der Waals surface area contributed by atoms with Crippen LogP contribution in [-0.2, 0) is 4.79 Å². The van der Waals surface area contributed by atoms with Crippen molar-refractivity contribution in [2.45, 2.75) is 38.7 Å². The lowest BCUT2D eigenvalue weighted by Gasteiger charge is -2.38. The zero-order valence-electron chi connectivity index (χ0n) is 6.71. The smallest absolute Gasteiger partial charge is 0.309 e. The molecular weight excluding hydrogens is 144 g/mol. The number of carboxylic acid groups (broad SMARTS) is 1. The molecule has 0 bridgehead atoms. The second-order valence-corrected chi connectivity index (χ2v) is 3.49. The number of hydrogen-bond donors (Lipinski definition) is 2. The van der Waals surface area contributed by atoms with Crippen LogP contribution in [-0.4, -0.2) is 22.3 Å². The van der Waals surface area contributed by atoms with Crippen molar-refractivity contribution < 1.29 is 15.0 Å². The van der Waals surface area contributed by atoms with Crippen molar-refractivity contribution in [3.8, 4) is 0 Å². The summed E-state index contributed by atoms with van der Waals surface area (Å²) in [7, 11) is 0. The number of aliphatic hydroxyl groups is 1. The molecule has 2 N–H and O–H groups in total. The van der Waals surface area contributed by atoms with Crippen LogP contribution < -0.4 is 0 Å². The quantitative estimate of drug-likeness (QED) is 0.644. The van der Waals surface area contributed by atoms with Gasteiger partial charge in [0, 0.05) is 0 Å². The molecule has 0 aromatic heterocycles. The lowest BCUT2D eigenvalue weighted by atomic mass is 9.66. The van der Waals surface area contributed by atoms with E-state index in [1.165, 1.54) is 0 Å². The molecule has 0 radical (unpaired) electrons. The minimum absolute atomic E-state index is 0.405. The molecule has 11 heavy (non-hydrogen) atoms. The largest absolute Gasteiger partial charge is 0.481 e. The summed E-state index contributed by atoms with van der Waals surface area (Å²) in [6, 6.07) is 0. The number of rotatable bonds is 3. The summed E-state index contributed by atoms with van der Waals surface area (Å²) in [4.78, 5) is 10.7. The highest BCUT2D eigenvalue weighted by atomic mass is 16.4. The molecule has 0 spiro atoms. The van der Waals surface area contributed by atoms with Gasteiger partial charge in [0.05, 0.1) is 11.5 Å². The second-order valence-electron chi connectivity index (χ2n) is 3.49. The van der Waals surface area contributed by atoms with E-state index in [0.717, 1.165) is 19.3 Å². The molecule has 1 aliphatic rings. The standard InChI is InChI=1S/C8H14O3/c1-6(9)5-8(7(10)11)3-2-4-8/h6,9H,2-5H2,1H3,(H,10,11). The minimum atomic E-state index is -0.746. The maximum atomic E-state index is 10.7. The van der Waals surface area contributed by atoms with Gasteiger partial charge in [0.25, 0.3) is 0 Å². The Bertz CT molecular complexity index is 159. The van der Waals surface area contributed by atoms with E-state index in [1.807, 2.05) is 0 Å². The molecular formula is C8H14O3. The molecule has 0 aromatic rings. The Morgan fingerprint density at radius 3 is 2.27 bits per heavy atom. The van der Waals surface area contributed by atoms with Crippen LogP contribution in [0.1, 0.15) is 32.6 Å². The first-order valence-electron chi connectivity index (χ1n) is 3.98. The fourth-order valence-corrected chi connectivity index (χ4v) is 1.67. The van der Waals surface area contributed by atoms with E-state index in [1.54, 1.807) is 6.92 Å². The summed E-state index contributed by atoms with van der Waals surface area (Å²) in [5, 5.41) is 17.9. The van der Waals surface area contributed by atoms with Crippen molar-refractivity contribution >= 4 is 5.97 Å². The highest BCUT2D eigenvalue weighted by molar-refractivity contribution is 5.75. The van der Waals surface area contributed by atoms with Crippen LogP contribution in [0.2, 0.25) is 0 Å². The molecule has 64 valence electrons. The van der Waals surface area contributed by atoms with Crippen LogP contribution in [0.4, 0.5) is 0 Å². The molecule has 3 nitrogen and oxygen atoms in total. The topological polar surface area (TPSA) is 57.5 Å². The molecule has 1 fully saturated rings. The van der Waals surface area contributed by atoms with Gasteiger partial charge in [0.1, 0.15) is 0 Å². The molecule has 1 saturated carbocycles. The van der Waals surface area contributed by atoms with Crippen molar-refractivity contribution in [2.75, 3.05) is 0 Å². The van der Waals surface area contributed by atoms with Gasteiger partial charge < -0.3 is 10.2 Å². The van der Waals surface area contributed by atoms with E-state index in [0.29, 0.717) is 6.42 Å². The van der Waals surface area contributed by atoms with E-state index in [9.17, 15) is 4.79 Å². The van der Waals surface area contributed by atoms with Gasteiger partial charge >= 0.3 is 5.97 Å². The molecule has 0 aromatic carbocycles. The van der Waals surface area contributed by atoms with E-state index in [-0.39, 0.29) is 0 Å². The monoisotopic (exact) mass is 158 g/mol. The fourth-order valence-electron chi connectivity index (χ4n) is 1.67. The Balaban J connectivity index is 2.54. The van der Waals surface area contributed by atoms with Gasteiger partial charge in [-0.15, -0.1) is 0 Å². The summed E-state index contributed by atoms with van der Waals surface area (Å²) in [5.41, 5.74) is -0.589. The van der Waals surface area contributed by atoms with Gasteiger partial charge in [0.15, 0.2) is 0 Å². The Hall–Kier alpha value is -0.570. The zero-order valence-corrected chi connectivity index (χ0v) is 6.71. The molecule has 1 unspecified atom stereocenters. The normalized spacial score (nSPS) is 23.8. The predicted octanol–water partition coefficient (Wildman–Crippen LogP) is 1.01. The number of hydrogen-bond acceptors (Lipinski definition) is 2. The summed E-state index contributed by atoms with van der Waals surface area (Å²) in [6.07, 6.45) is 2.35. The van der Waals surface area contributed by atoms with Crippen molar-refractivity contribution in [1.82, 2.24) is 0 Å². The molecule has 1 atom stereocenters. The molecule has 3 heteroatoms. The maximum Gasteiger partial charge on any atom is 0.309 e. The third-order valence-corrected chi connectivity index (χ3v) is 2.45. The van der Waals surface area contributed by atoms with Crippen LogP contribution in [0.5, 0.6) is 0 Å². The summed E-state index contributed by atoms with van der Waals surface area (Å²) < 4.78 is 0. The number of aliphatic hydroxyl groups excluding tert-OH is 1. The summed E-state index contributed by atoms with van der Waals surface area (Å²) >= 11 is 0. The lowest BCUT2D eigenvalue weighted by Crippen LogP contribution is -2.40. The first-order chi connectivity index (χ1) is 5.07. The Kier molecular flexibility index (Phi) is 2.18. The average molecular weight is 158 g/mol. The van der Waals surface area contributed by atoms with Gasteiger partial charge in [-0.1, -0.05) is 6.42 Å². The van der Waals surface area contributed by atoms with Crippen LogP contribution in [0.3, 0.4) is 0 Å². The van der Waals surface area contributed by atoms with Gasteiger partial charge in [-0.3, -0.25) is 4.79 Å². The fraction of sp³-hybridized carbons (Fsp3) is 0.875. The van der Waals surface area contributed by atoms with Gasteiger partial charge in [0.2, 0.25) is 0 Å². The van der Waals surface area contributed by atoms with Gasteiger partial charge in [-0.2, -0.15) is 0 Å². The Morgan fingerprint density at radius 1 is 1.64 bits per heavy atom. The average Bonchev–Trinajstić information content (AvgIpc) is 1.77. The van der Waals surface area contributed by atoms with Crippen LogP contribution in [0.25, 0.3) is 0 Å². The van der Waals surface area contributed by atoms with Crippen molar-refractivity contribution in [2.24, 2.45) is 5.41 Å². The Morgan fingerprint density at radius 2 is 2.18 bits per heavy atom. The zero-order chi connectivity index (χ0) is 8.48. The molecule has 0 heterocycles. The Labute approximate surface area is 66.0 Å². The molecule has 0 amide bonds. The number of carbonyl (C=O) groups is 1. The van der Waals surface area contributed by atoms with Crippen LogP contribution in [0.15, 0.2) is 0 Å². The number of carboxylic acids is 1. The summed E-state index contributed by atoms with van der Waals surface area (Å²) in [6.45, 7) is 1.64. The van der Waals surface area contributed by atoms with Crippen LogP contribution in [0, 0.1) is 5.41 Å². The predicted molar refractivity (Wildman–Crippen MR) is 40.2 cm³/mol. The third kappa shape index (κ3) is 1.53. The molecule has 0 aliphatic heterocycles. The number of aliphatic carboxylic acids is 1. The highest BCUT2D eigenvalue weighted by Crippen LogP contribution is 2.44. The van der Waals surface area contributed by atoms with Crippen molar-refractivity contribution in [1.29, 1.82) is 0 Å². The van der Waals surface area contributed by atoms with Crippen molar-refractivity contribution in [3.05, 3.63) is 0 Å². The molecule has 0 saturated heterocycles. The van der Waals surface area contributed by atoms with Crippen molar-refractivity contribution in [3.63, 3.8) is 0 Å². The first-order valence-corrected chi connectivity index (χ1v) is 3.98. The lowest BCUT2D eigenvalue weighted by molar-refractivity contribution is -0.157. The van der Waals surface area contributed by atoms with Gasteiger partial charge in [-0.05, 0) is 26.2 Å². The minimum Gasteiger partial charge on any atom is -0.481 e. The van der Waals surface area contributed by atoms with E-state index in [2.05, 4.69) is 0 Å². The molecule has 1 rings (SSSR count). The first kappa shape index (κ1) is 8.53. The van der Waals surface area contributed by atoms with Crippen LogP contribution >= 0.6 is 0 Å². The highest BCUT2D eigenvalue weighted by Gasteiger charge is 2.44. The maximum absolute atomic E-state index is 10.7.